The average molecular weight is 443 g/mol. The third-order valence-electron chi connectivity index (χ3n) is 3.08. The van der Waals surface area contributed by atoms with Gasteiger partial charge in [0.1, 0.15) is 0 Å². The SMILES string of the molecule is CCC[CH2][Sn]([CH2]CCC)([O]C(=O)C(C)S)[O]C(=O)C(C)S. The minimum atomic E-state index is -3.76. The summed E-state index contributed by atoms with van der Waals surface area (Å²) in [6, 6.07) is 0. The number of rotatable bonds is 10. The van der Waals surface area contributed by atoms with Gasteiger partial charge in [-0.1, -0.05) is 0 Å². The third-order valence-corrected chi connectivity index (χ3v) is 13.1. The van der Waals surface area contributed by atoms with Gasteiger partial charge in [-0.3, -0.25) is 0 Å². The second-order valence-corrected chi connectivity index (χ2v) is 16.1. The van der Waals surface area contributed by atoms with Crippen LogP contribution >= 0.6 is 25.3 Å². The Kier molecular flexibility index (Phi) is 11.3. The average Bonchev–Trinajstić information content (AvgIpc) is 2.42. The molecular formula is C14H28O4S2Sn. The molecular weight excluding hydrogens is 415 g/mol. The van der Waals surface area contributed by atoms with Gasteiger partial charge in [-0.15, -0.1) is 0 Å². The van der Waals surface area contributed by atoms with Gasteiger partial charge in [0, 0.05) is 0 Å². The molecule has 0 bridgehead atoms. The maximum absolute atomic E-state index is 12.0. The monoisotopic (exact) mass is 444 g/mol. The molecule has 0 amide bonds. The predicted molar refractivity (Wildman–Crippen MR) is 94.3 cm³/mol. The molecule has 0 rings (SSSR count). The summed E-state index contributed by atoms with van der Waals surface area (Å²) >= 11 is 4.49. The first-order valence-electron chi connectivity index (χ1n) is 7.59. The van der Waals surface area contributed by atoms with Crippen molar-refractivity contribution in [1.29, 1.82) is 0 Å². The van der Waals surface area contributed by atoms with Crippen molar-refractivity contribution in [2.75, 3.05) is 0 Å². The summed E-state index contributed by atoms with van der Waals surface area (Å²) in [5, 5.41) is -1.01. The molecule has 2 atom stereocenters. The Morgan fingerprint density at radius 3 is 1.48 bits per heavy atom. The summed E-state index contributed by atoms with van der Waals surface area (Å²) in [5.74, 6) is -0.748. The van der Waals surface area contributed by atoms with E-state index in [1.165, 1.54) is 0 Å². The number of hydrogen-bond donors (Lipinski definition) is 2. The first-order chi connectivity index (χ1) is 9.78. The van der Waals surface area contributed by atoms with Crippen LogP contribution in [-0.2, 0) is 15.7 Å². The molecule has 124 valence electrons. The summed E-state index contributed by atoms with van der Waals surface area (Å²) in [4.78, 5) is 24.0. The van der Waals surface area contributed by atoms with E-state index >= 15 is 0 Å². The second kappa shape index (κ2) is 11.0. The van der Waals surface area contributed by atoms with Gasteiger partial charge in [-0.25, -0.2) is 0 Å². The Morgan fingerprint density at radius 2 is 1.24 bits per heavy atom. The van der Waals surface area contributed by atoms with E-state index in [1.54, 1.807) is 13.8 Å². The molecule has 0 saturated heterocycles. The Balaban J connectivity index is 5.18. The van der Waals surface area contributed by atoms with Crippen molar-refractivity contribution in [2.24, 2.45) is 0 Å². The van der Waals surface area contributed by atoms with Gasteiger partial charge in [0.2, 0.25) is 0 Å². The van der Waals surface area contributed by atoms with Gasteiger partial charge >= 0.3 is 145 Å². The van der Waals surface area contributed by atoms with Gasteiger partial charge in [0.05, 0.1) is 0 Å². The van der Waals surface area contributed by atoms with Crippen molar-refractivity contribution in [2.45, 2.75) is 72.8 Å². The third kappa shape index (κ3) is 8.59. The van der Waals surface area contributed by atoms with Gasteiger partial charge < -0.3 is 0 Å². The van der Waals surface area contributed by atoms with Crippen molar-refractivity contribution in [3.8, 4) is 0 Å². The van der Waals surface area contributed by atoms with E-state index in [0.29, 0.717) is 8.87 Å². The Bertz CT molecular complexity index is 303. The van der Waals surface area contributed by atoms with E-state index in [4.69, 9.17) is 6.15 Å². The fourth-order valence-electron chi connectivity index (χ4n) is 1.78. The van der Waals surface area contributed by atoms with Crippen molar-refractivity contribution in [3.63, 3.8) is 0 Å². The summed E-state index contributed by atoms with van der Waals surface area (Å²) in [7, 11) is 0. The van der Waals surface area contributed by atoms with Crippen LogP contribution in [0.1, 0.15) is 53.4 Å². The Morgan fingerprint density at radius 1 is 0.905 bits per heavy atom. The number of carbonyl (C=O) groups is 2. The normalized spacial score (nSPS) is 14.4. The van der Waals surface area contributed by atoms with Crippen LogP contribution < -0.4 is 0 Å². The van der Waals surface area contributed by atoms with Crippen LogP contribution in [0.25, 0.3) is 0 Å². The second-order valence-electron chi connectivity index (χ2n) is 5.31. The number of hydrogen-bond acceptors (Lipinski definition) is 6. The van der Waals surface area contributed by atoms with Crippen LogP contribution in [-0.4, -0.2) is 41.6 Å². The molecule has 0 aromatic heterocycles. The van der Waals surface area contributed by atoms with Crippen LogP contribution in [0.5, 0.6) is 0 Å². The standard InChI is InChI=1S/2C4H9.2C3H6O2S.Sn/c2*1-3-4-2;2*1-2(6)3(4)5;/h2*1,3-4H2,2H3;2*2,6H,1H3,(H,4,5);/q;;;;+2/p-2. The molecule has 0 spiro atoms. The molecule has 0 aromatic rings. The molecule has 0 aliphatic carbocycles. The zero-order valence-electron chi connectivity index (χ0n) is 13.4. The van der Waals surface area contributed by atoms with E-state index < -0.39 is 29.7 Å². The van der Waals surface area contributed by atoms with Crippen molar-refractivity contribution in [3.05, 3.63) is 0 Å². The molecule has 0 aromatic carbocycles. The molecule has 2 unspecified atom stereocenters. The summed E-state index contributed by atoms with van der Waals surface area (Å²) < 4.78 is 12.9. The molecule has 0 radical (unpaired) electrons. The maximum atomic E-state index is 12.0. The zero-order valence-corrected chi connectivity index (χ0v) is 18.1. The molecule has 0 fully saturated rings. The van der Waals surface area contributed by atoms with Crippen LogP contribution in [0, 0.1) is 0 Å². The summed E-state index contributed by atoms with van der Waals surface area (Å²) in [6.07, 6.45) is 3.77. The van der Waals surface area contributed by atoms with Crippen molar-refractivity contribution < 1.29 is 15.7 Å². The molecule has 0 N–H and O–H groups in total. The van der Waals surface area contributed by atoms with Crippen molar-refractivity contribution >= 4 is 56.4 Å². The number of unbranched alkanes of at least 4 members (excludes halogenated alkanes) is 2. The van der Waals surface area contributed by atoms with E-state index in [0.717, 1.165) is 25.7 Å². The predicted octanol–water partition coefficient (Wildman–Crippen LogP) is 3.75. The Hall–Kier alpha value is 0.439. The van der Waals surface area contributed by atoms with Gasteiger partial charge in [0.15, 0.2) is 0 Å². The van der Waals surface area contributed by atoms with Gasteiger partial charge in [0.25, 0.3) is 0 Å². The fourth-order valence-corrected chi connectivity index (χ4v) is 12.6. The summed E-state index contributed by atoms with van der Waals surface area (Å²) in [5.41, 5.74) is 0. The summed E-state index contributed by atoms with van der Waals surface area (Å²) in [6.45, 7) is 7.49. The molecule has 21 heavy (non-hydrogen) atoms. The minimum absolute atomic E-state index is 0.374. The van der Waals surface area contributed by atoms with Crippen LogP contribution in [0.4, 0.5) is 0 Å². The zero-order chi connectivity index (χ0) is 16.5. The molecule has 7 heteroatoms. The molecule has 0 heterocycles. The quantitative estimate of drug-likeness (QED) is 0.399. The molecule has 0 saturated carbocycles. The van der Waals surface area contributed by atoms with Gasteiger partial charge in [-0.05, 0) is 0 Å². The molecule has 0 aliphatic heterocycles. The van der Waals surface area contributed by atoms with E-state index in [1.807, 2.05) is 0 Å². The first-order valence-corrected chi connectivity index (χ1v) is 15.0. The van der Waals surface area contributed by atoms with Crippen LogP contribution in [0.2, 0.25) is 8.87 Å². The van der Waals surface area contributed by atoms with E-state index in [9.17, 15) is 9.59 Å². The van der Waals surface area contributed by atoms with Crippen LogP contribution in [0.3, 0.4) is 0 Å². The topological polar surface area (TPSA) is 52.6 Å². The molecule has 4 nitrogen and oxygen atoms in total. The number of carbonyl (C=O) groups excluding carboxylic acids is 2. The Labute approximate surface area is 144 Å². The van der Waals surface area contributed by atoms with Gasteiger partial charge in [-0.2, -0.15) is 0 Å². The molecule has 0 aliphatic rings. The van der Waals surface area contributed by atoms with E-state index in [2.05, 4.69) is 39.1 Å². The fraction of sp³-hybridized carbons (Fsp3) is 0.857. The van der Waals surface area contributed by atoms with Crippen molar-refractivity contribution in [1.82, 2.24) is 0 Å². The first kappa shape index (κ1) is 21.4. The van der Waals surface area contributed by atoms with Crippen LogP contribution in [0.15, 0.2) is 0 Å². The van der Waals surface area contributed by atoms with E-state index in [-0.39, 0.29) is 11.9 Å². The number of thiol groups is 2.